The molecule has 2 heterocycles. The van der Waals surface area contributed by atoms with E-state index < -0.39 is 0 Å². The van der Waals surface area contributed by atoms with Gasteiger partial charge in [0.1, 0.15) is 18.1 Å². The highest BCUT2D eigenvalue weighted by molar-refractivity contribution is 9.10. The lowest BCUT2D eigenvalue weighted by atomic mass is 10.3. The van der Waals surface area contributed by atoms with Crippen LogP contribution in [0, 0.1) is 0 Å². The number of amides is 1. The lowest BCUT2D eigenvalue weighted by molar-refractivity contribution is 0.0747. The van der Waals surface area contributed by atoms with Gasteiger partial charge in [0.2, 0.25) is 0 Å². The number of carbonyl (C=O) groups is 1. The van der Waals surface area contributed by atoms with E-state index in [1.54, 1.807) is 17.0 Å². The smallest absolute Gasteiger partial charge is 0.289 e. The molecule has 0 saturated carbocycles. The minimum absolute atomic E-state index is 0.0888. The van der Waals surface area contributed by atoms with E-state index in [9.17, 15) is 4.79 Å². The first-order valence-electron chi connectivity index (χ1n) is 8.57. The molecule has 1 aliphatic rings. The van der Waals surface area contributed by atoms with Gasteiger partial charge in [-0.25, -0.2) is 0 Å². The van der Waals surface area contributed by atoms with Crippen LogP contribution in [0.5, 0.6) is 5.75 Å². The van der Waals surface area contributed by atoms with E-state index in [1.165, 1.54) is 12.8 Å². The summed E-state index contributed by atoms with van der Waals surface area (Å²) in [7, 11) is 1.82. The number of hydrogen-bond donors (Lipinski definition) is 0. The molecule has 0 N–H and O–H groups in total. The summed E-state index contributed by atoms with van der Waals surface area (Å²) in [4.78, 5) is 16.6. The highest BCUT2D eigenvalue weighted by Gasteiger charge is 2.18. The minimum Gasteiger partial charge on any atom is -0.486 e. The number of halogens is 1. The van der Waals surface area contributed by atoms with Gasteiger partial charge in [-0.3, -0.25) is 4.79 Å². The molecule has 0 unspecified atom stereocenters. The maximum Gasteiger partial charge on any atom is 0.289 e. The van der Waals surface area contributed by atoms with Gasteiger partial charge in [-0.1, -0.05) is 15.9 Å². The van der Waals surface area contributed by atoms with Gasteiger partial charge in [0.15, 0.2) is 5.76 Å². The van der Waals surface area contributed by atoms with Gasteiger partial charge in [-0.15, -0.1) is 0 Å². The maximum absolute atomic E-state index is 12.4. The summed E-state index contributed by atoms with van der Waals surface area (Å²) < 4.78 is 12.3. The second-order valence-corrected chi connectivity index (χ2v) is 7.20. The number of benzene rings is 1. The SMILES string of the molecule is CN(CCN1CCCC1)C(=O)c1ccc(COc2ccc(Br)cc2)o1. The molecule has 0 spiro atoms. The molecule has 0 atom stereocenters. The van der Waals surface area contributed by atoms with Crippen LogP contribution in [0.2, 0.25) is 0 Å². The fourth-order valence-electron chi connectivity index (χ4n) is 2.84. The Morgan fingerprint density at radius 1 is 1.20 bits per heavy atom. The molecule has 1 fully saturated rings. The number of nitrogens with zero attached hydrogens (tertiary/aromatic N) is 2. The number of furan rings is 1. The Balaban J connectivity index is 1.49. The first kappa shape index (κ1) is 18.0. The molecule has 1 amide bonds. The Kier molecular flexibility index (Phi) is 6.15. The number of hydrogen-bond acceptors (Lipinski definition) is 4. The maximum atomic E-state index is 12.4. The van der Waals surface area contributed by atoms with Crippen molar-refractivity contribution < 1.29 is 13.9 Å². The summed E-state index contributed by atoms with van der Waals surface area (Å²) in [5.41, 5.74) is 0. The fraction of sp³-hybridized carbons (Fsp3) is 0.421. The average Bonchev–Trinajstić information content (AvgIpc) is 3.30. The lowest BCUT2D eigenvalue weighted by Gasteiger charge is -2.20. The van der Waals surface area contributed by atoms with E-state index in [2.05, 4.69) is 20.8 Å². The molecule has 0 bridgehead atoms. The Labute approximate surface area is 156 Å². The molecular weight excluding hydrogens is 384 g/mol. The van der Waals surface area contributed by atoms with Crippen molar-refractivity contribution in [2.75, 3.05) is 33.2 Å². The Morgan fingerprint density at radius 3 is 2.64 bits per heavy atom. The molecule has 134 valence electrons. The van der Waals surface area contributed by atoms with E-state index in [-0.39, 0.29) is 5.91 Å². The van der Waals surface area contributed by atoms with Crippen LogP contribution in [-0.2, 0) is 6.61 Å². The monoisotopic (exact) mass is 406 g/mol. The summed E-state index contributed by atoms with van der Waals surface area (Å²) in [6.45, 7) is 4.21. The first-order chi connectivity index (χ1) is 12.1. The molecule has 2 aromatic rings. The zero-order valence-corrected chi connectivity index (χ0v) is 16.0. The van der Waals surface area contributed by atoms with Crippen molar-refractivity contribution in [3.8, 4) is 5.75 Å². The van der Waals surface area contributed by atoms with Crippen LogP contribution >= 0.6 is 15.9 Å². The molecule has 6 heteroatoms. The molecule has 0 radical (unpaired) electrons. The van der Waals surface area contributed by atoms with Crippen LogP contribution in [0.4, 0.5) is 0 Å². The summed E-state index contributed by atoms with van der Waals surface area (Å²) in [5, 5.41) is 0. The van der Waals surface area contributed by atoms with Crippen molar-refractivity contribution in [2.24, 2.45) is 0 Å². The minimum atomic E-state index is -0.0888. The lowest BCUT2D eigenvalue weighted by Crippen LogP contribution is -2.35. The number of likely N-dealkylation sites (N-methyl/N-ethyl adjacent to an activating group) is 1. The van der Waals surface area contributed by atoms with E-state index in [0.717, 1.165) is 29.9 Å². The summed E-state index contributed by atoms with van der Waals surface area (Å²) in [6, 6.07) is 11.1. The van der Waals surface area contributed by atoms with Gasteiger partial charge in [0, 0.05) is 24.6 Å². The Hall–Kier alpha value is -1.79. The third-order valence-corrected chi connectivity index (χ3v) is 4.89. The highest BCUT2D eigenvalue weighted by Crippen LogP contribution is 2.18. The Bertz CT molecular complexity index is 693. The van der Waals surface area contributed by atoms with Crippen LogP contribution < -0.4 is 4.74 Å². The predicted octanol–water partition coefficient (Wildman–Crippen LogP) is 3.79. The summed E-state index contributed by atoms with van der Waals surface area (Å²) >= 11 is 3.39. The standard InChI is InChI=1S/C19H23BrN2O3/c1-21(12-13-22-10-2-3-11-22)19(23)18-9-8-17(25-18)14-24-16-6-4-15(20)5-7-16/h4-9H,2-3,10-14H2,1H3. The highest BCUT2D eigenvalue weighted by atomic mass is 79.9. The van der Waals surface area contributed by atoms with Crippen molar-refractivity contribution in [2.45, 2.75) is 19.4 Å². The van der Waals surface area contributed by atoms with E-state index in [0.29, 0.717) is 24.7 Å². The topological polar surface area (TPSA) is 45.9 Å². The molecule has 0 aliphatic carbocycles. The van der Waals surface area contributed by atoms with Crippen molar-refractivity contribution in [3.63, 3.8) is 0 Å². The van der Waals surface area contributed by atoms with Crippen LogP contribution in [0.1, 0.15) is 29.2 Å². The molecule has 1 aromatic carbocycles. The van der Waals surface area contributed by atoms with Gasteiger partial charge in [0.05, 0.1) is 0 Å². The van der Waals surface area contributed by atoms with Gasteiger partial charge in [-0.2, -0.15) is 0 Å². The zero-order valence-electron chi connectivity index (χ0n) is 14.4. The third kappa shape index (κ3) is 5.09. The van der Waals surface area contributed by atoms with Crippen molar-refractivity contribution in [3.05, 3.63) is 52.4 Å². The number of likely N-dealkylation sites (tertiary alicyclic amines) is 1. The summed E-state index contributed by atoms with van der Waals surface area (Å²) in [6.07, 6.45) is 2.52. The van der Waals surface area contributed by atoms with Crippen LogP contribution in [0.25, 0.3) is 0 Å². The molecule has 25 heavy (non-hydrogen) atoms. The van der Waals surface area contributed by atoms with Gasteiger partial charge < -0.3 is 19.0 Å². The Morgan fingerprint density at radius 2 is 1.92 bits per heavy atom. The van der Waals surface area contributed by atoms with Crippen molar-refractivity contribution in [1.29, 1.82) is 0 Å². The van der Waals surface area contributed by atoms with E-state index in [4.69, 9.17) is 9.15 Å². The van der Waals surface area contributed by atoms with Crippen LogP contribution in [-0.4, -0.2) is 48.9 Å². The quantitative estimate of drug-likeness (QED) is 0.701. The van der Waals surface area contributed by atoms with Crippen LogP contribution in [0.3, 0.4) is 0 Å². The second kappa shape index (κ2) is 8.54. The molecule has 1 aliphatic heterocycles. The van der Waals surface area contributed by atoms with Crippen molar-refractivity contribution in [1.82, 2.24) is 9.80 Å². The van der Waals surface area contributed by atoms with Crippen LogP contribution in [0.15, 0.2) is 45.3 Å². The average molecular weight is 407 g/mol. The number of rotatable bonds is 7. The molecule has 1 aromatic heterocycles. The van der Waals surface area contributed by atoms with Gasteiger partial charge in [-0.05, 0) is 62.3 Å². The van der Waals surface area contributed by atoms with E-state index in [1.807, 2.05) is 31.3 Å². The molecule has 3 rings (SSSR count). The predicted molar refractivity (Wildman–Crippen MR) is 99.8 cm³/mol. The molecular formula is C19H23BrN2O3. The number of carbonyl (C=O) groups excluding carboxylic acids is 1. The van der Waals surface area contributed by atoms with Gasteiger partial charge >= 0.3 is 0 Å². The number of ether oxygens (including phenoxy) is 1. The fourth-order valence-corrected chi connectivity index (χ4v) is 3.11. The van der Waals surface area contributed by atoms with E-state index >= 15 is 0 Å². The zero-order chi connectivity index (χ0) is 17.6. The van der Waals surface area contributed by atoms with Crippen molar-refractivity contribution >= 4 is 21.8 Å². The third-order valence-electron chi connectivity index (χ3n) is 4.36. The molecule has 1 saturated heterocycles. The van der Waals surface area contributed by atoms with Gasteiger partial charge in [0.25, 0.3) is 5.91 Å². The normalized spacial score (nSPS) is 14.6. The first-order valence-corrected chi connectivity index (χ1v) is 9.36. The largest absolute Gasteiger partial charge is 0.486 e. The molecule has 5 nitrogen and oxygen atoms in total. The summed E-state index contributed by atoms with van der Waals surface area (Å²) in [5.74, 6) is 1.67. The second-order valence-electron chi connectivity index (χ2n) is 6.28.